The van der Waals surface area contributed by atoms with Crippen LogP contribution in [-0.4, -0.2) is 54.3 Å². The van der Waals surface area contributed by atoms with Gasteiger partial charge in [0.25, 0.3) is 0 Å². The largest absolute Gasteiger partial charge is 0.339 e. The molecule has 7 heteroatoms. The number of hydrogen-bond acceptors (Lipinski definition) is 3. The fourth-order valence-corrected chi connectivity index (χ4v) is 3.06. The molecule has 1 aliphatic carbocycles. The number of piperazine rings is 1. The average molecular weight is 337 g/mol. The Morgan fingerprint density at radius 3 is 2.33 bits per heavy atom. The van der Waals surface area contributed by atoms with Gasteiger partial charge in [0.1, 0.15) is 5.41 Å². The van der Waals surface area contributed by atoms with Gasteiger partial charge in [-0.25, -0.2) is 8.78 Å². The molecular weight excluding hydrogens is 316 g/mol. The van der Waals surface area contributed by atoms with Crippen LogP contribution in [0.1, 0.15) is 19.8 Å². The lowest BCUT2D eigenvalue weighted by atomic mass is 10.0. The summed E-state index contributed by atoms with van der Waals surface area (Å²) in [4.78, 5) is 29.2. The summed E-state index contributed by atoms with van der Waals surface area (Å²) in [6, 6.07) is 3.17. The number of likely N-dealkylation sites (N-methyl/N-ethyl adjacent to an activating group) is 1. The van der Waals surface area contributed by atoms with Gasteiger partial charge >= 0.3 is 0 Å². The van der Waals surface area contributed by atoms with E-state index in [1.165, 1.54) is 6.07 Å². The fraction of sp³-hybridized carbons (Fsp3) is 0.529. The van der Waals surface area contributed by atoms with Crippen molar-refractivity contribution in [1.29, 1.82) is 0 Å². The van der Waals surface area contributed by atoms with Gasteiger partial charge in [-0.2, -0.15) is 0 Å². The number of benzene rings is 1. The van der Waals surface area contributed by atoms with Gasteiger partial charge in [-0.3, -0.25) is 9.59 Å². The topological polar surface area (TPSA) is 52.7 Å². The second-order valence-corrected chi connectivity index (χ2v) is 6.39. The molecule has 3 rings (SSSR count). The van der Waals surface area contributed by atoms with Gasteiger partial charge in [-0.15, -0.1) is 0 Å². The summed E-state index contributed by atoms with van der Waals surface area (Å²) in [5, 5.41) is 2.55. The smallest absolute Gasteiger partial charge is 0.240 e. The van der Waals surface area contributed by atoms with Crippen molar-refractivity contribution < 1.29 is 18.4 Å². The van der Waals surface area contributed by atoms with Gasteiger partial charge in [0.2, 0.25) is 11.8 Å². The van der Waals surface area contributed by atoms with Crippen LogP contribution in [0.5, 0.6) is 0 Å². The van der Waals surface area contributed by atoms with Gasteiger partial charge in [0.05, 0.1) is 0 Å². The summed E-state index contributed by atoms with van der Waals surface area (Å²) in [5.74, 6) is -2.59. The summed E-state index contributed by atoms with van der Waals surface area (Å²) >= 11 is 0. The SMILES string of the molecule is CCN1CCN(C(=O)C2(C(=O)Nc3ccc(F)c(F)c3)CC2)CC1. The zero-order valence-corrected chi connectivity index (χ0v) is 13.6. The van der Waals surface area contributed by atoms with Crippen LogP contribution in [0.2, 0.25) is 0 Å². The van der Waals surface area contributed by atoms with Gasteiger partial charge < -0.3 is 15.1 Å². The molecule has 0 bridgehead atoms. The highest BCUT2D eigenvalue weighted by molar-refractivity contribution is 6.13. The van der Waals surface area contributed by atoms with Crippen LogP contribution in [-0.2, 0) is 9.59 Å². The van der Waals surface area contributed by atoms with E-state index in [9.17, 15) is 18.4 Å². The van der Waals surface area contributed by atoms with Crippen molar-refractivity contribution in [1.82, 2.24) is 9.80 Å². The van der Waals surface area contributed by atoms with Crippen LogP contribution in [0.3, 0.4) is 0 Å². The molecule has 1 heterocycles. The number of rotatable bonds is 4. The molecule has 0 spiro atoms. The van der Waals surface area contributed by atoms with Crippen molar-refractivity contribution in [3.63, 3.8) is 0 Å². The zero-order chi connectivity index (χ0) is 17.3. The highest BCUT2D eigenvalue weighted by Crippen LogP contribution is 2.48. The predicted octanol–water partition coefficient (Wildman–Crippen LogP) is 1.85. The van der Waals surface area contributed by atoms with Crippen LogP contribution in [0.25, 0.3) is 0 Å². The van der Waals surface area contributed by atoms with Crippen LogP contribution in [0.15, 0.2) is 18.2 Å². The minimum atomic E-state index is -1.04. The number of hydrogen-bond donors (Lipinski definition) is 1. The summed E-state index contributed by atoms with van der Waals surface area (Å²) < 4.78 is 26.2. The number of amides is 2. The third-order valence-corrected chi connectivity index (χ3v) is 4.88. The van der Waals surface area contributed by atoms with Crippen molar-refractivity contribution in [3.8, 4) is 0 Å². The third-order valence-electron chi connectivity index (χ3n) is 4.88. The second kappa shape index (κ2) is 6.47. The molecule has 1 aliphatic heterocycles. The second-order valence-electron chi connectivity index (χ2n) is 6.39. The van der Waals surface area contributed by atoms with Gasteiger partial charge in [-0.05, 0) is 31.5 Å². The Bertz CT molecular complexity index is 653. The summed E-state index contributed by atoms with van der Waals surface area (Å²) in [6.07, 6.45) is 0.991. The molecule has 130 valence electrons. The Morgan fingerprint density at radius 2 is 1.79 bits per heavy atom. The quantitative estimate of drug-likeness (QED) is 0.853. The van der Waals surface area contributed by atoms with E-state index in [1.54, 1.807) is 4.90 Å². The van der Waals surface area contributed by atoms with Crippen LogP contribution >= 0.6 is 0 Å². The number of nitrogens with one attached hydrogen (secondary N) is 1. The minimum Gasteiger partial charge on any atom is -0.339 e. The molecule has 1 aromatic carbocycles. The van der Waals surface area contributed by atoms with Crippen molar-refractivity contribution in [2.75, 3.05) is 38.0 Å². The average Bonchev–Trinajstić information content (AvgIpc) is 3.39. The van der Waals surface area contributed by atoms with Crippen LogP contribution in [0.4, 0.5) is 14.5 Å². The lowest BCUT2D eigenvalue weighted by Crippen LogP contribution is -2.52. The molecular formula is C17H21F2N3O2. The Morgan fingerprint density at radius 1 is 1.12 bits per heavy atom. The molecule has 0 radical (unpaired) electrons. The van der Waals surface area contributed by atoms with Crippen LogP contribution < -0.4 is 5.32 Å². The van der Waals surface area contributed by atoms with Gasteiger partial charge in [0, 0.05) is 37.9 Å². The van der Waals surface area contributed by atoms with Gasteiger partial charge in [0.15, 0.2) is 11.6 Å². The molecule has 2 amide bonds. The fourth-order valence-electron chi connectivity index (χ4n) is 3.06. The maximum Gasteiger partial charge on any atom is 0.240 e. The maximum atomic E-state index is 13.3. The van der Waals surface area contributed by atoms with Crippen molar-refractivity contribution in [3.05, 3.63) is 29.8 Å². The minimum absolute atomic E-state index is 0.154. The molecule has 1 N–H and O–H groups in total. The summed E-state index contributed by atoms with van der Waals surface area (Å²) in [6.45, 7) is 5.88. The van der Waals surface area contributed by atoms with E-state index in [2.05, 4.69) is 17.1 Å². The summed E-state index contributed by atoms with van der Waals surface area (Å²) in [7, 11) is 0. The Hall–Kier alpha value is -2.02. The molecule has 2 fully saturated rings. The Balaban J connectivity index is 1.65. The van der Waals surface area contributed by atoms with E-state index in [0.717, 1.165) is 31.8 Å². The molecule has 5 nitrogen and oxygen atoms in total. The van der Waals surface area contributed by atoms with Gasteiger partial charge in [-0.1, -0.05) is 6.92 Å². The molecule has 1 saturated heterocycles. The first-order valence-electron chi connectivity index (χ1n) is 8.24. The highest BCUT2D eigenvalue weighted by atomic mass is 19.2. The van der Waals surface area contributed by atoms with Crippen LogP contribution in [0, 0.1) is 17.0 Å². The van der Waals surface area contributed by atoms with E-state index >= 15 is 0 Å². The van der Waals surface area contributed by atoms with E-state index in [-0.39, 0.29) is 11.6 Å². The zero-order valence-electron chi connectivity index (χ0n) is 13.6. The number of anilines is 1. The van der Waals surface area contributed by atoms with E-state index in [0.29, 0.717) is 25.9 Å². The molecule has 0 aromatic heterocycles. The lowest BCUT2D eigenvalue weighted by Gasteiger charge is -2.35. The monoisotopic (exact) mass is 337 g/mol. The van der Waals surface area contributed by atoms with E-state index in [1.807, 2.05) is 0 Å². The number of carbonyl (C=O) groups excluding carboxylic acids is 2. The van der Waals surface area contributed by atoms with Crippen molar-refractivity contribution >= 4 is 17.5 Å². The number of carbonyl (C=O) groups is 2. The molecule has 1 saturated carbocycles. The Kier molecular flexibility index (Phi) is 4.54. The van der Waals surface area contributed by atoms with Crippen molar-refractivity contribution in [2.45, 2.75) is 19.8 Å². The predicted molar refractivity (Wildman–Crippen MR) is 85.3 cm³/mol. The first kappa shape index (κ1) is 16.8. The molecule has 1 aromatic rings. The first-order valence-corrected chi connectivity index (χ1v) is 8.24. The number of halogens is 2. The van der Waals surface area contributed by atoms with E-state index in [4.69, 9.17) is 0 Å². The van der Waals surface area contributed by atoms with Crippen molar-refractivity contribution in [2.24, 2.45) is 5.41 Å². The first-order chi connectivity index (χ1) is 11.5. The molecule has 2 aliphatic rings. The third kappa shape index (κ3) is 3.13. The standard InChI is InChI=1S/C17H21F2N3O2/c1-2-21-7-9-22(10-8-21)16(24)17(5-6-17)15(23)20-12-3-4-13(18)14(19)11-12/h3-4,11H,2,5-10H2,1H3,(H,20,23). The summed E-state index contributed by atoms with van der Waals surface area (Å²) in [5.41, 5.74) is -0.882. The maximum absolute atomic E-state index is 13.3. The highest BCUT2D eigenvalue weighted by Gasteiger charge is 2.58. The molecule has 0 atom stereocenters. The number of nitrogens with zero attached hydrogens (tertiary/aromatic N) is 2. The molecule has 24 heavy (non-hydrogen) atoms. The Labute approximate surface area is 139 Å². The lowest BCUT2D eigenvalue weighted by molar-refractivity contribution is -0.143. The van der Waals surface area contributed by atoms with E-state index < -0.39 is 23.0 Å². The molecule has 0 unspecified atom stereocenters. The normalized spacial score (nSPS) is 19.9.